The quantitative estimate of drug-likeness (QED) is 0.714. The SMILES string of the molecule is Cc1cc(Br)cc(NC(=O)[C@H]2CNC[C@@H]2c2cnn(C)c2)c1N. The van der Waals surface area contributed by atoms with Gasteiger partial charge in [-0.15, -0.1) is 0 Å². The van der Waals surface area contributed by atoms with Crippen molar-refractivity contribution < 1.29 is 4.79 Å². The fourth-order valence-electron chi connectivity index (χ4n) is 3.02. The van der Waals surface area contributed by atoms with Gasteiger partial charge in [0.15, 0.2) is 0 Å². The number of nitrogens with two attached hydrogens (primary N) is 1. The highest BCUT2D eigenvalue weighted by atomic mass is 79.9. The zero-order valence-electron chi connectivity index (χ0n) is 13.1. The molecule has 2 aromatic rings. The predicted octanol–water partition coefficient (Wildman–Crippen LogP) is 2.01. The average Bonchev–Trinajstić information content (AvgIpc) is 3.12. The molecule has 0 unspecified atom stereocenters. The van der Waals surface area contributed by atoms with E-state index in [0.717, 1.165) is 22.1 Å². The minimum atomic E-state index is -0.141. The van der Waals surface area contributed by atoms with Crippen molar-refractivity contribution in [3.63, 3.8) is 0 Å². The predicted molar refractivity (Wildman–Crippen MR) is 94.2 cm³/mol. The molecule has 2 heterocycles. The number of carbonyl (C=O) groups is 1. The lowest BCUT2D eigenvalue weighted by Gasteiger charge is -2.18. The number of carbonyl (C=O) groups excluding carboxylic acids is 1. The summed E-state index contributed by atoms with van der Waals surface area (Å²) in [6, 6.07) is 3.77. The Morgan fingerprint density at radius 1 is 1.48 bits per heavy atom. The molecule has 1 aromatic heterocycles. The average molecular weight is 378 g/mol. The van der Waals surface area contributed by atoms with Gasteiger partial charge in [-0.2, -0.15) is 5.10 Å². The van der Waals surface area contributed by atoms with Crippen LogP contribution < -0.4 is 16.4 Å². The minimum absolute atomic E-state index is 0.0203. The summed E-state index contributed by atoms with van der Waals surface area (Å²) in [5.74, 6) is -0.0379. The molecule has 1 amide bonds. The lowest BCUT2D eigenvalue weighted by Crippen LogP contribution is -2.28. The number of aryl methyl sites for hydroxylation is 2. The third-order valence-electron chi connectivity index (χ3n) is 4.31. The molecule has 1 fully saturated rings. The van der Waals surface area contributed by atoms with Crippen molar-refractivity contribution in [1.29, 1.82) is 0 Å². The van der Waals surface area contributed by atoms with E-state index in [1.807, 2.05) is 38.5 Å². The Hall–Kier alpha value is -1.86. The van der Waals surface area contributed by atoms with Gasteiger partial charge in [-0.1, -0.05) is 15.9 Å². The second kappa shape index (κ2) is 6.33. The first-order chi connectivity index (χ1) is 11.0. The third kappa shape index (κ3) is 3.25. The van der Waals surface area contributed by atoms with Gasteiger partial charge in [-0.3, -0.25) is 9.48 Å². The van der Waals surface area contributed by atoms with E-state index in [2.05, 4.69) is 31.7 Å². The van der Waals surface area contributed by atoms with Crippen LogP contribution in [0.3, 0.4) is 0 Å². The number of anilines is 2. The van der Waals surface area contributed by atoms with Gasteiger partial charge in [0.2, 0.25) is 5.91 Å². The van der Waals surface area contributed by atoms with Crippen molar-refractivity contribution in [2.45, 2.75) is 12.8 Å². The summed E-state index contributed by atoms with van der Waals surface area (Å²) in [6.45, 7) is 3.35. The number of nitrogen functional groups attached to an aromatic ring is 1. The van der Waals surface area contributed by atoms with Gasteiger partial charge < -0.3 is 16.4 Å². The molecule has 3 rings (SSSR count). The number of benzene rings is 1. The molecule has 6 nitrogen and oxygen atoms in total. The van der Waals surface area contributed by atoms with Crippen LogP contribution in [0.4, 0.5) is 11.4 Å². The van der Waals surface area contributed by atoms with Crippen LogP contribution in [-0.4, -0.2) is 28.8 Å². The zero-order valence-corrected chi connectivity index (χ0v) is 14.7. The van der Waals surface area contributed by atoms with Crippen LogP contribution in [-0.2, 0) is 11.8 Å². The van der Waals surface area contributed by atoms with Gasteiger partial charge in [-0.25, -0.2) is 0 Å². The highest BCUT2D eigenvalue weighted by molar-refractivity contribution is 9.10. The summed E-state index contributed by atoms with van der Waals surface area (Å²) in [7, 11) is 1.88. The Balaban J connectivity index is 1.80. The van der Waals surface area contributed by atoms with E-state index < -0.39 is 0 Å². The van der Waals surface area contributed by atoms with E-state index >= 15 is 0 Å². The van der Waals surface area contributed by atoms with E-state index in [1.165, 1.54) is 0 Å². The number of hydrogen-bond acceptors (Lipinski definition) is 4. The van der Waals surface area contributed by atoms with Crippen LogP contribution in [0, 0.1) is 12.8 Å². The van der Waals surface area contributed by atoms with Crippen molar-refractivity contribution >= 4 is 33.2 Å². The molecule has 0 aliphatic carbocycles. The van der Waals surface area contributed by atoms with Crippen molar-refractivity contribution in [3.8, 4) is 0 Å². The number of aromatic nitrogens is 2. The summed E-state index contributed by atoms with van der Waals surface area (Å²) >= 11 is 3.44. The Labute approximate surface area is 143 Å². The maximum absolute atomic E-state index is 12.7. The van der Waals surface area contributed by atoms with Gasteiger partial charge in [0.05, 0.1) is 23.5 Å². The van der Waals surface area contributed by atoms with Crippen LogP contribution in [0.25, 0.3) is 0 Å². The Bertz CT molecular complexity index is 742. The maximum atomic E-state index is 12.7. The van der Waals surface area contributed by atoms with Gasteiger partial charge in [0.25, 0.3) is 0 Å². The normalized spacial score (nSPS) is 20.7. The van der Waals surface area contributed by atoms with Crippen LogP contribution >= 0.6 is 15.9 Å². The number of halogens is 1. The first-order valence-electron chi connectivity index (χ1n) is 7.51. The van der Waals surface area contributed by atoms with E-state index in [4.69, 9.17) is 5.73 Å². The number of nitrogens with zero attached hydrogens (tertiary/aromatic N) is 2. The second-order valence-electron chi connectivity index (χ2n) is 5.99. The fraction of sp³-hybridized carbons (Fsp3) is 0.375. The van der Waals surface area contributed by atoms with E-state index in [1.54, 1.807) is 4.68 Å². The van der Waals surface area contributed by atoms with E-state index in [-0.39, 0.29) is 17.7 Å². The standard InChI is InChI=1S/C16H20BrN5O/c1-9-3-11(17)4-14(15(9)18)21-16(23)13-7-19-6-12(13)10-5-20-22(2)8-10/h3-5,8,12-13,19H,6-7,18H2,1-2H3,(H,21,23)/t12-,13+/m1/s1. The molecule has 23 heavy (non-hydrogen) atoms. The third-order valence-corrected chi connectivity index (χ3v) is 4.77. The monoisotopic (exact) mass is 377 g/mol. The number of amides is 1. The summed E-state index contributed by atoms with van der Waals surface area (Å²) in [4.78, 5) is 12.7. The molecular formula is C16H20BrN5O. The molecule has 4 N–H and O–H groups in total. The van der Waals surface area contributed by atoms with Crippen molar-refractivity contribution in [3.05, 3.63) is 40.1 Å². The summed E-state index contributed by atoms with van der Waals surface area (Å²) in [5.41, 5.74) is 9.35. The lowest BCUT2D eigenvalue weighted by molar-refractivity contribution is -0.119. The first-order valence-corrected chi connectivity index (χ1v) is 8.30. The van der Waals surface area contributed by atoms with Crippen molar-refractivity contribution in [1.82, 2.24) is 15.1 Å². The minimum Gasteiger partial charge on any atom is -0.397 e. The second-order valence-corrected chi connectivity index (χ2v) is 6.91. The van der Waals surface area contributed by atoms with Gasteiger partial charge in [0, 0.05) is 36.7 Å². The molecule has 0 spiro atoms. The van der Waals surface area contributed by atoms with E-state index in [9.17, 15) is 4.79 Å². The van der Waals surface area contributed by atoms with Crippen molar-refractivity contribution in [2.24, 2.45) is 13.0 Å². The number of nitrogens with one attached hydrogen (secondary N) is 2. The van der Waals surface area contributed by atoms with Gasteiger partial charge >= 0.3 is 0 Å². The molecule has 1 aliphatic heterocycles. The Kier molecular flexibility index (Phi) is 4.41. The highest BCUT2D eigenvalue weighted by Gasteiger charge is 2.34. The molecule has 1 aliphatic rings. The number of rotatable bonds is 3. The van der Waals surface area contributed by atoms with Crippen LogP contribution in [0.5, 0.6) is 0 Å². The first kappa shape index (κ1) is 16.0. The molecule has 7 heteroatoms. The fourth-order valence-corrected chi connectivity index (χ4v) is 3.59. The molecule has 1 aromatic carbocycles. The molecule has 0 radical (unpaired) electrons. The Morgan fingerprint density at radius 3 is 2.96 bits per heavy atom. The molecule has 0 bridgehead atoms. The van der Waals surface area contributed by atoms with Crippen LogP contribution in [0.2, 0.25) is 0 Å². The molecule has 0 saturated carbocycles. The summed E-state index contributed by atoms with van der Waals surface area (Å²) < 4.78 is 2.66. The summed E-state index contributed by atoms with van der Waals surface area (Å²) in [6.07, 6.45) is 3.80. The molecule has 122 valence electrons. The van der Waals surface area contributed by atoms with Gasteiger partial charge in [-0.05, 0) is 30.2 Å². The molecule has 1 saturated heterocycles. The Morgan fingerprint density at radius 2 is 2.26 bits per heavy atom. The topological polar surface area (TPSA) is 85.0 Å². The number of hydrogen-bond donors (Lipinski definition) is 3. The molecular weight excluding hydrogens is 358 g/mol. The summed E-state index contributed by atoms with van der Waals surface area (Å²) in [5, 5.41) is 10.5. The van der Waals surface area contributed by atoms with Crippen LogP contribution in [0.1, 0.15) is 17.0 Å². The highest BCUT2D eigenvalue weighted by Crippen LogP contribution is 2.31. The van der Waals surface area contributed by atoms with Crippen LogP contribution in [0.15, 0.2) is 29.0 Å². The van der Waals surface area contributed by atoms with Gasteiger partial charge in [0.1, 0.15) is 0 Å². The lowest BCUT2D eigenvalue weighted by atomic mass is 9.90. The maximum Gasteiger partial charge on any atom is 0.229 e. The zero-order chi connectivity index (χ0) is 16.6. The molecule has 2 atom stereocenters. The van der Waals surface area contributed by atoms with E-state index in [0.29, 0.717) is 17.9 Å². The van der Waals surface area contributed by atoms with Crippen molar-refractivity contribution in [2.75, 3.05) is 24.1 Å². The largest absolute Gasteiger partial charge is 0.397 e. The smallest absolute Gasteiger partial charge is 0.229 e.